The van der Waals surface area contributed by atoms with Gasteiger partial charge < -0.3 is 0 Å². The van der Waals surface area contributed by atoms with Gasteiger partial charge in [-0.05, 0) is 25.0 Å². The zero-order valence-electron chi connectivity index (χ0n) is 12.9. The molecule has 0 fully saturated rings. The maximum atomic E-state index is 12.5. The first-order valence-corrected chi connectivity index (χ1v) is 7.53. The van der Waals surface area contributed by atoms with Crippen LogP contribution in [0.5, 0.6) is 0 Å². The molecule has 0 amide bonds. The van der Waals surface area contributed by atoms with Crippen molar-refractivity contribution in [3.63, 3.8) is 0 Å². The van der Waals surface area contributed by atoms with Crippen molar-refractivity contribution in [2.75, 3.05) is 5.75 Å². The Morgan fingerprint density at radius 3 is 2.35 bits per heavy atom. The third-order valence-electron chi connectivity index (χ3n) is 2.22. The summed E-state index contributed by atoms with van der Waals surface area (Å²) in [7, 11) is 0. The van der Waals surface area contributed by atoms with Crippen LogP contribution in [0.1, 0.15) is 41.5 Å². The topological polar surface area (TPSA) is 69.2 Å². The van der Waals surface area contributed by atoms with Gasteiger partial charge in [0.15, 0.2) is 5.16 Å². The highest BCUT2D eigenvalue weighted by molar-refractivity contribution is 7.99. The fourth-order valence-electron chi connectivity index (χ4n) is 1.59. The molecule has 0 saturated heterocycles. The van der Waals surface area contributed by atoms with Crippen LogP contribution in [0.25, 0.3) is 0 Å². The smallest absolute Gasteiger partial charge is 0.245 e. The number of nitrogens with zero attached hydrogens (tertiary/aromatic N) is 4. The predicted octanol–water partition coefficient (Wildman–Crippen LogP) is 1.81. The van der Waals surface area contributed by atoms with E-state index >= 15 is 0 Å². The molecule has 0 aliphatic rings. The number of hydrogen-bond donors (Lipinski definition) is 0. The molecule has 1 aromatic rings. The van der Waals surface area contributed by atoms with E-state index in [1.54, 1.807) is 13.8 Å². The van der Waals surface area contributed by atoms with E-state index in [0.717, 1.165) is 10.3 Å². The summed E-state index contributed by atoms with van der Waals surface area (Å²) in [5, 5.41) is 4.53. The van der Waals surface area contributed by atoms with Crippen LogP contribution in [0.15, 0.2) is 19.8 Å². The molecule has 0 aliphatic carbocycles. The van der Waals surface area contributed by atoms with E-state index in [4.69, 9.17) is 0 Å². The highest BCUT2D eigenvalue weighted by atomic mass is 32.2. The van der Waals surface area contributed by atoms with Gasteiger partial charge in [0.05, 0.1) is 0 Å². The summed E-state index contributed by atoms with van der Waals surface area (Å²) >= 11 is 1.33. The lowest BCUT2D eigenvalue weighted by Crippen LogP contribution is -2.43. The van der Waals surface area contributed by atoms with E-state index in [1.807, 2.05) is 27.7 Å². The molecule has 20 heavy (non-hydrogen) atoms. The fraction of sp³-hybridized carbons (Fsp3) is 0.692. The fourth-order valence-corrected chi connectivity index (χ4v) is 2.23. The van der Waals surface area contributed by atoms with Gasteiger partial charge in [-0.1, -0.05) is 39.5 Å². The lowest BCUT2D eigenvalue weighted by molar-refractivity contribution is 0.318. The van der Waals surface area contributed by atoms with Gasteiger partial charge in [0.2, 0.25) is 0 Å². The summed E-state index contributed by atoms with van der Waals surface area (Å²) in [6.45, 7) is 11.7. The Hall–Kier alpha value is -1.37. The van der Waals surface area contributed by atoms with E-state index < -0.39 is 11.4 Å². The second kappa shape index (κ2) is 6.39. The van der Waals surface area contributed by atoms with Crippen LogP contribution < -0.4 is 11.4 Å². The Morgan fingerprint density at radius 1 is 1.30 bits per heavy atom. The molecular formula is C13H22N4O2S. The van der Waals surface area contributed by atoms with Crippen molar-refractivity contribution in [1.29, 1.82) is 0 Å². The second-order valence-electron chi connectivity index (χ2n) is 5.90. The zero-order chi connectivity index (χ0) is 15.5. The number of aromatic nitrogens is 3. The molecule has 0 atom stereocenters. The minimum absolute atomic E-state index is 0.188. The van der Waals surface area contributed by atoms with Crippen LogP contribution in [-0.4, -0.2) is 25.7 Å². The molecule has 0 radical (unpaired) electrons. The van der Waals surface area contributed by atoms with Gasteiger partial charge in [0.25, 0.3) is 0 Å². The largest absolute Gasteiger partial charge is 0.355 e. The molecule has 1 heterocycles. The van der Waals surface area contributed by atoms with E-state index in [0.29, 0.717) is 17.5 Å². The molecule has 7 heteroatoms. The second-order valence-corrected chi connectivity index (χ2v) is 7.13. The minimum atomic E-state index is -0.513. The Labute approximate surface area is 122 Å². The number of hydrogen-bond acceptors (Lipinski definition) is 5. The standard InChI is InChI=1S/C13H22N4O2S/c1-7-20-11-14-10(18)16(8-13(4,5)6)12(19)17(11)15-9(2)3/h7-8H2,1-6H3. The molecule has 0 spiro atoms. The summed E-state index contributed by atoms with van der Waals surface area (Å²) < 4.78 is 2.36. The molecule has 1 aromatic heterocycles. The molecule has 1 rings (SSSR count). The van der Waals surface area contributed by atoms with Crippen molar-refractivity contribution in [2.45, 2.75) is 53.2 Å². The van der Waals surface area contributed by atoms with Gasteiger partial charge in [-0.2, -0.15) is 14.8 Å². The highest BCUT2D eigenvalue weighted by Crippen LogP contribution is 2.15. The monoisotopic (exact) mass is 298 g/mol. The van der Waals surface area contributed by atoms with E-state index in [-0.39, 0.29) is 5.41 Å². The van der Waals surface area contributed by atoms with Gasteiger partial charge in [-0.25, -0.2) is 14.2 Å². The van der Waals surface area contributed by atoms with Crippen molar-refractivity contribution in [3.05, 3.63) is 21.0 Å². The molecule has 0 saturated carbocycles. The van der Waals surface area contributed by atoms with E-state index in [9.17, 15) is 9.59 Å². The molecule has 0 aromatic carbocycles. The maximum Gasteiger partial charge on any atom is 0.355 e. The number of thioether (sulfide) groups is 1. The Morgan fingerprint density at radius 2 is 1.90 bits per heavy atom. The third kappa shape index (κ3) is 4.33. The lowest BCUT2D eigenvalue weighted by Gasteiger charge is -2.19. The van der Waals surface area contributed by atoms with Gasteiger partial charge in [-0.15, -0.1) is 0 Å². The predicted molar refractivity (Wildman–Crippen MR) is 82.8 cm³/mol. The van der Waals surface area contributed by atoms with Crippen LogP contribution in [0, 0.1) is 5.41 Å². The van der Waals surface area contributed by atoms with Crippen molar-refractivity contribution in [3.8, 4) is 0 Å². The molecule has 0 unspecified atom stereocenters. The Balaban J connectivity index is 3.54. The first-order chi connectivity index (χ1) is 9.15. The maximum absolute atomic E-state index is 12.5. The molecule has 0 aliphatic heterocycles. The lowest BCUT2D eigenvalue weighted by atomic mass is 9.97. The SMILES string of the molecule is CCSc1nc(=O)n(CC(C)(C)C)c(=O)n1N=C(C)C. The van der Waals surface area contributed by atoms with Crippen molar-refractivity contribution < 1.29 is 0 Å². The van der Waals surface area contributed by atoms with Crippen molar-refractivity contribution >= 4 is 17.5 Å². The highest BCUT2D eigenvalue weighted by Gasteiger charge is 2.18. The van der Waals surface area contributed by atoms with Gasteiger partial charge in [-0.3, -0.25) is 0 Å². The first-order valence-electron chi connectivity index (χ1n) is 6.54. The Bertz CT molecular complexity index is 619. The van der Waals surface area contributed by atoms with Gasteiger partial charge in [0, 0.05) is 12.3 Å². The Kier molecular flexibility index (Phi) is 5.33. The van der Waals surface area contributed by atoms with Crippen LogP contribution in [0.3, 0.4) is 0 Å². The first kappa shape index (κ1) is 16.7. The van der Waals surface area contributed by atoms with Crippen LogP contribution in [-0.2, 0) is 6.54 Å². The van der Waals surface area contributed by atoms with Crippen LogP contribution in [0.4, 0.5) is 0 Å². The number of rotatable bonds is 4. The quantitative estimate of drug-likeness (QED) is 0.628. The average molecular weight is 298 g/mol. The third-order valence-corrected chi connectivity index (χ3v) is 3.03. The van der Waals surface area contributed by atoms with E-state index in [2.05, 4.69) is 10.1 Å². The summed E-state index contributed by atoms with van der Waals surface area (Å²) in [4.78, 5) is 28.5. The normalized spacial score (nSPS) is 11.5. The van der Waals surface area contributed by atoms with Gasteiger partial charge >= 0.3 is 11.4 Å². The molecule has 0 bridgehead atoms. The van der Waals surface area contributed by atoms with Crippen LogP contribution >= 0.6 is 11.8 Å². The molecule has 6 nitrogen and oxygen atoms in total. The van der Waals surface area contributed by atoms with E-state index in [1.165, 1.54) is 16.4 Å². The molecule has 0 N–H and O–H groups in total. The summed E-state index contributed by atoms with van der Waals surface area (Å²) in [6, 6.07) is 0. The zero-order valence-corrected chi connectivity index (χ0v) is 13.7. The molecule has 112 valence electrons. The van der Waals surface area contributed by atoms with Gasteiger partial charge in [0.1, 0.15) is 0 Å². The minimum Gasteiger partial charge on any atom is -0.245 e. The molecular weight excluding hydrogens is 276 g/mol. The summed E-state index contributed by atoms with van der Waals surface area (Å²) in [5.41, 5.74) is -0.404. The average Bonchev–Trinajstić information content (AvgIpc) is 2.28. The van der Waals surface area contributed by atoms with Crippen molar-refractivity contribution in [1.82, 2.24) is 14.2 Å². The summed E-state index contributed by atoms with van der Waals surface area (Å²) in [5.74, 6) is 0.716. The van der Waals surface area contributed by atoms with Crippen molar-refractivity contribution in [2.24, 2.45) is 10.5 Å². The van der Waals surface area contributed by atoms with Crippen LogP contribution in [0.2, 0.25) is 0 Å². The summed E-state index contributed by atoms with van der Waals surface area (Å²) in [6.07, 6.45) is 0.